The molecule has 0 saturated carbocycles. The number of hydrogen-bond acceptors (Lipinski definition) is 2. The minimum Gasteiger partial charge on any atom is -0.463 e. The maximum atomic E-state index is 13.1. The Kier molecular flexibility index (Phi) is 4.07. The Bertz CT molecular complexity index is 1060. The zero-order chi connectivity index (χ0) is 19.0. The highest BCUT2D eigenvalue weighted by atomic mass is 19.4. The number of rotatable bonds is 3. The zero-order valence-corrected chi connectivity index (χ0v) is 14.0. The Balaban J connectivity index is 2.00. The van der Waals surface area contributed by atoms with Crippen LogP contribution in [-0.2, 0) is 0 Å². The van der Waals surface area contributed by atoms with E-state index in [0.717, 1.165) is 5.56 Å². The normalized spacial score (nSPS) is 11.7. The molecule has 0 amide bonds. The molecule has 1 heterocycles. The first-order valence-electron chi connectivity index (χ1n) is 8.23. The number of carbonyl (C=O) groups is 1. The first-order chi connectivity index (χ1) is 13.0. The SMILES string of the molecule is O=C(c1ccc2c(-c3ccccc3)coc(-c3ccccc3)c1-2)C(F)(F)F. The van der Waals surface area contributed by atoms with Crippen LogP contribution in [0.2, 0.25) is 0 Å². The fraction of sp³-hybridized carbons (Fsp3) is 0.0455. The van der Waals surface area contributed by atoms with E-state index in [1.807, 2.05) is 30.3 Å². The second-order valence-electron chi connectivity index (χ2n) is 6.07. The summed E-state index contributed by atoms with van der Waals surface area (Å²) in [5.41, 5.74) is 2.33. The summed E-state index contributed by atoms with van der Waals surface area (Å²) < 4.78 is 45.1. The average molecular weight is 366 g/mol. The summed E-state index contributed by atoms with van der Waals surface area (Å²) in [6, 6.07) is 20.7. The van der Waals surface area contributed by atoms with Gasteiger partial charge in [0.2, 0.25) is 0 Å². The molecule has 134 valence electrons. The highest BCUT2D eigenvalue weighted by molar-refractivity contribution is 6.10. The van der Waals surface area contributed by atoms with Gasteiger partial charge in [0.1, 0.15) is 5.76 Å². The van der Waals surface area contributed by atoms with Gasteiger partial charge in [0, 0.05) is 22.3 Å². The van der Waals surface area contributed by atoms with Crippen LogP contribution < -0.4 is 0 Å². The lowest BCUT2D eigenvalue weighted by molar-refractivity contribution is -0.0884. The molecule has 27 heavy (non-hydrogen) atoms. The molecule has 2 aromatic carbocycles. The summed E-state index contributed by atoms with van der Waals surface area (Å²) in [5.74, 6) is -1.64. The lowest BCUT2D eigenvalue weighted by Gasteiger charge is -2.15. The summed E-state index contributed by atoms with van der Waals surface area (Å²) in [4.78, 5) is 12.0. The van der Waals surface area contributed by atoms with Gasteiger partial charge < -0.3 is 4.42 Å². The van der Waals surface area contributed by atoms with E-state index in [9.17, 15) is 18.0 Å². The molecule has 0 unspecified atom stereocenters. The molecule has 2 nitrogen and oxygen atoms in total. The number of ketones is 1. The fourth-order valence-electron chi connectivity index (χ4n) is 3.17. The average Bonchev–Trinajstić information content (AvgIpc) is 3.12. The highest BCUT2D eigenvalue weighted by Gasteiger charge is 2.42. The summed E-state index contributed by atoms with van der Waals surface area (Å²) in [7, 11) is 0. The number of hydrogen-bond donors (Lipinski definition) is 0. The molecule has 0 radical (unpaired) electrons. The number of fused-ring (bicyclic) bond motifs is 1. The van der Waals surface area contributed by atoms with Gasteiger partial charge in [-0.1, -0.05) is 66.7 Å². The van der Waals surface area contributed by atoms with Crippen LogP contribution in [0.3, 0.4) is 0 Å². The van der Waals surface area contributed by atoms with Gasteiger partial charge in [0.05, 0.1) is 6.26 Å². The molecule has 4 rings (SSSR count). The van der Waals surface area contributed by atoms with E-state index in [0.29, 0.717) is 16.7 Å². The van der Waals surface area contributed by atoms with Crippen molar-refractivity contribution in [1.29, 1.82) is 0 Å². The number of benzene rings is 2. The van der Waals surface area contributed by atoms with Gasteiger partial charge in [-0.15, -0.1) is 0 Å². The molecule has 2 aliphatic rings. The van der Waals surface area contributed by atoms with Crippen LogP contribution in [0.4, 0.5) is 13.2 Å². The zero-order valence-electron chi connectivity index (χ0n) is 14.0. The van der Waals surface area contributed by atoms with Gasteiger partial charge >= 0.3 is 6.18 Å². The monoisotopic (exact) mass is 366 g/mol. The van der Waals surface area contributed by atoms with Crippen molar-refractivity contribution in [3.05, 3.63) is 84.6 Å². The van der Waals surface area contributed by atoms with E-state index in [4.69, 9.17) is 4.42 Å². The minimum atomic E-state index is -4.96. The van der Waals surface area contributed by atoms with E-state index < -0.39 is 17.5 Å². The van der Waals surface area contributed by atoms with Crippen molar-refractivity contribution in [2.45, 2.75) is 6.18 Å². The van der Waals surface area contributed by atoms with E-state index in [-0.39, 0.29) is 11.3 Å². The Hall–Kier alpha value is -3.34. The maximum absolute atomic E-state index is 13.1. The molecule has 0 N–H and O–H groups in total. The van der Waals surface area contributed by atoms with Crippen LogP contribution in [0.5, 0.6) is 0 Å². The molecule has 1 aliphatic heterocycles. The van der Waals surface area contributed by atoms with Gasteiger partial charge in [-0.3, -0.25) is 4.79 Å². The third-order valence-corrected chi connectivity index (χ3v) is 4.39. The van der Waals surface area contributed by atoms with Crippen molar-refractivity contribution in [3.63, 3.8) is 0 Å². The molecule has 0 bridgehead atoms. The molecule has 0 fully saturated rings. The fourth-order valence-corrected chi connectivity index (χ4v) is 3.17. The second-order valence-corrected chi connectivity index (χ2v) is 6.07. The van der Waals surface area contributed by atoms with Crippen LogP contribution in [0.15, 0.2) is 83.5 Å². The van der Waals surface area contributed by atoms with E-state index >= 15 is 0 Å². The van der Waals surface area contributed by atoms with E-state index in [2.05, 4.69) is 0 Å². The van der Waals surface area contributed by atoms with Crippen LogP contribution in [0.1, 0.15) is 10.4 Å². The largest absolute Gasteiger partial charge is 0.463 e. The molecule has 1 aliphatic carbocycles. The summed E-state index contributed by atoms with van der Waals surface area (Å²) in [6.07, 6.45) is -3.44. The number of halogens is 3. The van der Waals surface area contributed by atoms with Gasteiger partial charge in [-0.05, 0) is 17.2 Å². The molecular weight excluding hydrogens is 353 g/mol. The van der Waals surface area contributed by atoms with Gasteiger partial charge in [-0.2, -0.15) is 13.2 Å². The molecule has 0 spiro atoms. The number of carbonyl (C=O) groups excluding carboxylic acids is 1. The van der Waals surface area contributed by atoms with Gasteiger partial charge in [0.25, 0.3) is 5.78 Å². The second kappa shape index (κ2) is 6.43. The van der Waals surface area contributed by atoms with Crippen LogP contribution in [0.25, 0.3) is 33.6 Å². The van der Waals surface area contributed by atoms with Crippen molar-refractivity contribution in [3.8, 4) is 33.6 Å². The predicted molar refractivity (Wildman–Crippen MR) is 96.6 cm³/mol. The van der Waals surface area contributed by atoms with Crippen LogP contribution in [-0.4, -0.2) is 12.0 Å². The predicted octanol–water partition coefficient (Wildman–Crippen LogP) is 6.46. The standard InChI is InChI=1S/C22H13F3O2/c23-22(24,25)21(26)17-12-11-16-18(14-7-3-1-4-8-14)13-27-20(19(16)17)15-9-5-2-6-10-15/h1-13H. The topological polar surface area (TPSA) is 30.2 Å². The molecule has 2 aromatic rings. The molecule has 0 aromatic heterocycles. The smallest absolute Gasteiger partial charge is 0.454 e. The third-order valence-electron chi connectivity index (χ3n) is 4.39. The Labute approximate surface area is 153 Å². The molecule has 0 saturated heterocycles. The van der Waals surface area contributed by atoms with Gasteiger partial charge in [-0.25, -0.2) is 0 Å². The third kappa shape index (κ3) is 3.01. The summed E-state index contributed by atoms with van der Waals surface area (Å²) in [6.45, 7) is 0. The van der Waals surface area contributed by atoms with Crippen molar-refractivity contribution < 1.29 is 22.4 Å². The lowest BCUT2D eigenvalue weighted by atomic mass is 9.93. The van der Waals surface area contributed by atoms with E-state index in [1.54, 1.807) is 36.4 Å². The summed E-state index contributed by atoms with van der Waals surface area (Å²) >= 11 is 0. The lowest BCUT2D eigenvalue weighted by Crippen LogP contribution is -2.22. The molecule has 0 atom stereocenters. The quantitative estimate of drug-likeness (QED) is 0.389. The summed E-state index contributed by atoms with van der Waals surface area (Å²) in [5, 5.41) is 0. The van der Waals surface area contributed by atoms with Crippen molar-refractivity contribution >= 4 is 5.78 Å². The highest BCUT2D eigenvalue weighted by Crippen LogP contribution is 2.44. The number of alkyl halides is 3. The van der Waals surface area contributed by atoms with Crippen LogP contribution >= 0.6 is 0 Å². The number of Topliss-reactive ketones (excluding diaryl/α,β-unsaturated/α-hetero) is 1. The Morgan fingerprint density at radius 3 is 1.93 bits per heavy atom. The van der Waals surface area contributed by atoms with Crippen LogP contribution in [0, 0.1) is 0 Å². The Morgan fingerprint density at radius 1 is 0.741 bits per heavy atom. The van der Waals surface area contributed by atoms with Gasteiger partial charge in [0.15, 0.2) is 0 Å². The molecule has 5 heteroatoms. The first kappa shape index (κ1) is 17.1. The minimum absolute atomic E-state index is 0.171. The first-order valence-corrected chi connectivity index (χ1v) is 8.23. The van der Waals surface area contributed by atoms with E-state index in [1.165, 1.54) is 12.3 Å². The van der Waals surface area contributed by atoms with Crippen molar-refractivity contribution in [2.24, 2.45) is 0 Å². The maximum Gasteiger partial charge on any atom is 0.454 e. The van der Waals surface area contributed by atoms with Crippen molar-refractivity contribution in [1.82, 2.24) is 0 Å². The Morgan fingerprint density at radius 2 is 1.33 bits per heavy atom. The molecular formula is C22H13F3O2. The van der Waals surface area contributed by atoms with Crippen molar-refractivity contribution in [2.75, 3.05) is 0 Å².